The zero-order chi connectivity index (χ0) is 21.1. The van der Waals surface area contributed by atoms with E-state index in [1.165, 1.54) is 48.0 Å². The number of rotatable bonds is 6. The minimum Gasteiger partial charge on any atom is -0.322 e. The Morgan fingerprint density at radius 3 is 2.47 bits per heavy atom. The van der Waals surface area contributed by atoms with Crippen LogP contribution in [0.4, 0.5) is 10.8 Å². The summed E-state index contributed by atoms with van der Waals surface area (Å²) in [5.41, 5.74) is 2.46. The van der Waals surface area contributed by atoms with Crippen LogP contribution in [0, 0.1) is 6.92 Å². The highest BCUT2D eigenvalue weighted by molar-refractivity contribution is 7.93. The Hall–Kier alpha value is -3.50. The third kappa shape index (κ3) is 4.09. The summed E-state index contributed by atoms with van der Waals surface area (Å²) >= 11 is 1.19. The highest BCUT2D eigenvalue weighted by Crippen LogP contribution is 2.21. The molecule has 0 spiro atoms. The van der Waals surface area contributed by atoms with Crippen LogP contribution < -0.4 is 10.0 Å². The molecule has 0 saturated carbocycles. The van der Waals surface area contributed by atoms with Crippen LogP contribution in [0.1, 0.15) is 16.1 Å². The molecule has 10 heteroatoms. The zero-order valence-corrected chi connectivity index (χ0v) is 17.4. The average molecular weight is 440 g/mol. The van der Waals surface area contributed by atoms with Gasteiger partial charge in [-0.15, -0.1) is 11.3 Å². The Kier molecular flexibility index (Phi) is 5.34. The van der Waals surface area contributed by atoms with Gasteiger partial charge in [0.1, 0.15) is 0 Å². The first-order valence-electron chi connectivity index (χ1n) is 8.88. The second kappa shape index (κ2) is 8.09. The summed E-state index contributed by atoms with van der Waals surface area (Å²) in [6.45, 7) is 1.81. The molecule has 0 unspecified atom stereocenters. The van der Waals surface area contributed by atoms with Gasteiger partial charge in [0.05, 0.1) is 28.0 Å². The summed E-state index contributed by atoms with van der Waals surface area (Å²) in [5.74, 6) is -0.328. The van der Waals surface area contributed by atoms with E-state index in [2.05, 4.69) is 20.1 Å². The molecule has 2 aromatic carbocycles. The number of carbonyl (C=O) groups is 1. The van der Waals surface area contributed by atoms with E-state index in [4.69, 9.17) is 0 Å². The highest BCUT2D eigenvalue weighted by atomic mass is 32.2. The van der Waals surface area contributed by atoms with Crippen LogP contribution >= 0.6 is 11.3 Å². The topological polar surface area (TPSA) is 106 Å². The number of benzene rings is 2. The molecule has 1 amide bonds. The second-order valence-corrected chi connectivity index (χ2v) is 8.89. The Morgan fingerprint density at radius 1 is 1.07 bits per heavy atom. The lowest BCUT2D eigenvalue weighted by Gasteiger charge is -2.08. The predicted molar refractivity (Wildman–Crippen MR) is 116 cm³/mol. The summed E-state index contributed by atoms with van der Waals surface area (Å²) in [6.07, 6.45) is 3.03. The lowest BCUT2D eigenvalue weighted by molar-refractivity contribution is 0.102. The van der Waals surface area contributed by atoms with Crippen molar-refractivity contribution >= 4 is 38.1 Å². The Labute approximate surface area is 177 Å². The van der Waals surface area contributed by atoms with Crippen molar-refractivity contribution < 1.29 is 13.2 Å². The van der Waals surface area contributed by atoms with E-state index in [-0.39, 0.29) is 10.8 Å². The van der Waals surface area contributed by atoms with Crippen molar-refractivity contribution in [2.75, 3.05) is 10.0 Å². The third-order valence-corrected chi connectivity index (χ3v) is 6.50. The van der Waals surface area contributed by atoms with E-state index < -0.39 is 10.0 Å². The first kappa shape index (κ1) is 19.8. The monoisotopic (exact) mass is 439 g/mol. The van der Waals surface area contributed by atoms with Gasteiger partial charge in [-0.1, -0.05) is 18.2 Å². The number of carbonyl (C=O) groups excluding carboxylic acids is 1. The largest absolute Gasteiger partial charge is 0.322 e. The van der Waals surface area contributed by atoms with Gasteiger partial charge >= 0.3 is 0 Å². The second-order valence-electron chi connectivity index (χ2n) is 6.31. The van der Waals surface area contributed by atoms with E-state index in [1.54, 1.807) is 10.1 Å². The number of anilines is 2. The van der Waals surface area contributed by atoms with Crippen molar-refractivity contribution in [1.82, 2.24) is 14.8 Å². The van der Waals surface area contributed by atoms with Crippen LogP contribution in [0.25, 0.3) is 5.69 Å². The number of thiazole rings is 1. The van der Waals surface area contributed by atoms with Crippen molar-refractivity contribution in [2.24, 2.45) is 0 Å². The number of aromatic nitrogens is 3. The molecule has 0 aliphatic carbocycles. The van der Waals surface area contributed by atoms with Crippen molar-refractivity contribution in [1.29, 1.82) is 0 Å². The summed E-state index contributed by atoms with van der Waals surface area (Å²) in [7, 11) is -3.74. The van der Waals surface area contributed by atoms with Crippen LogP contribution in [0.5, 0.6) is 0 Å². The van der Waals surface area contributed by atoms with E-state index in [0.717, 1.165) is 5.69 Å². The Bertz CT molecular complexity index is 1270. The normalized spacial score (nSPS) is 11.2. The molecule has 0 aliphatic heterocycles. The van der Waals surface area contributed by atoms with Gasteiger partial charge in [-0.25, -0.2) is 18.1 Å². The molecule has 2 aromatic heterocycles. The molecule has 30 heavy (non-hydrogen) atoms. The van der Waals surface area contributed by atoms with Gasteiger partial charge in [-0.3, -0.25) is 9.52 Å². The maximum atomic E-state index is 12.7. The van der Waals surface area contributed by atoms with Crippen molar-refractivity contribution in [3.63, 3.8) is 0 Å². The van der Waals surface area contributed by atoms with Gasteiger partial charge in [0.15, 0.2) is 5.13 Å². The molecule has 0 atom stereocenters. The quantitative estimate of drug-likeness (QED) is 0.477. The molecule has 8 nitrogen and oxygen atoms in total. The standard InChI is InChI=1S/C20H17N5O3S2/c1-14-18(13-22-25(14)16-5-3-2-4-6-16)19(26)23-15-7-9-17(10-8-15)30(27,28)24-20-21-11-12-29-20/h2-13H,1H3,(H,21,24)(H,23,26). The Morgan fingerprint density at radius 2 is 1.80 bits per heavy atom. The number of nitrogens with zero attached hydrogens (tertiary/aromatic N) is 3. The maximum absolute atomic E-state index is 12.7. The number of hydrogen-bond acceptors (Lipinski definition) is 6. The highest BCUT2D eigenvalue weighted by Gasteiger charge is 2.17. The SMILES string of the molecule is Cc1c(C(=O)Nc2ccc(S(=O)(=O)Nc3nccs3)cc2)cnn1-c1ccccc1. The fourth-order valence-electron chi connectivity index (χ4n) is 2.83. The van der Waals surface area contributed by atoms with Gasteiger partial charge in [0.2, 0.25) is 0 Å². The summed E-state index contributed by atoms with van der Waals surface area (Å²) in [6, 6.07) is 15.4. The molecule has 4 rings (SSSR count). The average Bonchev–Trinajstić information content (AvgIpc) is 3.38. The number of hydrogen-bond donors (Lipinski definition) is 2. The van der Waals surface area contributed by atoms with Crippen LogP contribution in [0.3, 0.4) is 0 Å². The number of amides is 1. The summed E-state index contributed by atoms with van der Waals surface area (Å²) in [4.78, 5) is 16.7. The fraction of sp³-hybridized carbons (Fsp3) is 0.0500. The first-order valence-corrected chi connectivity index (χ1v) is 11.2. The van der Waals surface area contributed by atoms with Gasteiger partial charge < -0.3 is 5.32 Å². The van der Waals surface area contributed by atoms with Gasteiger partial charge in [-0.2, -0.15) is 5.10 Å². The van der Waals surface area contributed by atoms with Crippen LogP contribution in [0.2, 0.25) is 0 Å². The lowest BCUT2D eigenvalue weighted by Crippen LogP contribution is -2.14. The van der Waals surface area contributed by atoms with Gasteiger partial charge in [-0.05, 0) is 43.3 Å². The van der Waals surface area contributed by atoms with Crippen LogP contribution in [-0.2, 0) is 10.0 Å². The zero-order valence-electron chi connectivity index (χ0n) is 15.8. The molecule has 0 bridgehead atoms. The maximum Gasteiger partial charge on any atom is 0.263 e. The third-order valence-electron chi connectivity index (χ3n) is 4.33. The molecule has 0 aliphatic rings. The predicted octanol–water partition coefficient (Wildman–Crippen LogP) is 3.69. The molecular weight excluding hydrogens is 422 g/mol. The number of nitrogens with one attached hydrogen (secondary N) is 2. The van der Waals surface area contributed by atoms with Crippen molar-refractivity contribution in [3.05, 3.63) is 83.6 Å². The van der Waals surface area contributed by atoms with Gasteiger partial charge in [0, 0.05) is 17.3 Å². The van der Waals surface area contributed by atoms with E-state index in [0.29, 0.717) is 22.1 Å². The van der Waals surface area contributed by atoms with Crippen LogP contribution in [0.15, 0.2) is 77.3 Å². The molecule has 0 saturated heterocycles. The summed E-state index contributed by atoms with van der Waals surface area (Å²) < 4.78 is 28.9. The number of para-hydroxylation sites is 1. The van der Waals surface area contributed by atoms with Crippen LogP contribution in [-0.4, -0.2) is 29.1 Å². The molecule has 0 fully saturated rings. The van der Waals surface area contributed by atoms with E-state index in [1.807, 2.05) is 37.3 Å². The van der Waals surface area contributed by atoms with Crippen molar-refractivity contribution in [3.8, 4) is 5.69 Å². The van der Waals surface area contributed by atoms with Gasteiger partial charge in [0.25, 0.3) is 15.9 Å². The minimum absolute atomic E-state index is 0.0729. The molecule has 2 heterocycles. The first-order chi connectivity index (χ1) is 14.4. The van der Waals surface area contributed by atoms with E-state index >= 15 is 0 Å². The van der Waals surface area contributed by atoms with Crippen molar-refractivity contribution in [2.45, 2.75) is 11.8 Å². The summed E-state index contributed by atoms with van der Waals surface area (Å²) in [5, 5.41) is 9.03. The minimum atomic E-state index is -3.74. The molecule has 152 valence electrons. The molecular formula is C20H17N5O3S2. The van der Waals surface area contributed by atoms with E-state index in [9.17, 15) is 13.2 Å². The lowest BCUT2D eigenvalue weighted by atomic mass is 10.2. The molecule has 4 aromatic rings. The smallest absolute Gasteiger partial charge is 0.263 e. The Balaban J connectivity index is 1.49. The fourth-order valence-corrected chi connectivity index (χ4v) is 4.61. The molecule has 2 N–H and O–H groups in total. The molecule has 0 radical (unpaired) electrons. The number of sulfonamides is 1.